The Kier molecular flexibility index (Phi) is 5.59. The van der Waals surface area contributed by atoms with E-state index in [1.807, 2.05) is 0 Å². The Morgan fingerprint density at radius 3 is 2.11 bits per heavy atom. The zero-order valence-corrected chi connectivity index (χ0v) is 15.1. The number of urea groups is 1. The number of halogens is 5. The third-order valence-electron chi connectivity index (χ3n) is 4.19. The summed E-state index contributed by atoms with van der Waals surface area (Å²) >= 11 is 0.231. The van der Waals surface area contributed by atoms with E-state index in [9.17, 15) is 31.5 Å². The van der Waals surface area contributed by atoms with Crippen molar-refractivity contribution < 1.29 is 31.5 Å². The van der Waals surface area contributed by atoms with Gasteiger partial charge in [0.15, 0.2) is 23.3 Å². The summed E-state index contributed by atoms with van der Waals surface area (Å²) in [6.07, 6.45) is -0.280. The Hall–Kier alpha value is -2.62. The Morgan fingerprint density at radius 2 is 1.57 bits per heavy atom. The van der Waals surface area contributed by atoms with Crippen LogP contribution in [0.2, 0.25) is 0 Å². The van der Waals surface area contributed by atoms with Crippen LogP contribution in [-0.2, 0) is 4.79 Å². The molecule has 3 amide bonds. The van der Waals surface area contributed by atoms with E-state index in [4.69, 9.17) is 0 Å². The number of nitrogens with one attached hydrogen (secondary N) is 1. The number of carbonyl (C=O) groups is 2. The molecule has 0 bridgehead atoms. The number of nitrogens with zero attached hydrogens (tertiary/aromatic N) is 1. The molecule has 0 saturated carbocycles. The molecule has 1 aliphatic rings. The van der Waals surface area contributed by atoms with Gasteiger partial charge in [0.2, 0.25) is 11.7 Å². The van der Waals surface area contributed by atoms with E-state index >= 15 is 0 Å². The van der Waals surface area contributed by atoms with Gasteiger partial charge in [0, 0.05) is 0 Å². The lowest BCUT2D eigenvalue weighted by Gasteiger charge is -2.38. The fourth-order valence-electron chi connectivity index (χ4n) is 2.63. The van der Waals surface area contributed by atoms with Crippen molar-refractivity contribution in [2.24, 2.45) is 0 Å². The zero-order valence-electron chi connectivity index (χ0n) is 14.3. The average Bonchev–Trinajstić information content (AvgIpc) is 2.67. The smallest absolute Gasteiger partial charge is 0.325 e. The molecule has 0 spiro atoms. The van der Waals surface area contributed by atoms with E-state index in [1.54, 1.807) is 37.3 Å². The number of hydrogen-bond acceptors (Lipinski definition) is 3. The van der Waals surface area contributed by atoms with Crippen molar-refractivity contribution in [1.82, 2.24) is 10.2 Å². The summed E-state index contributed by atoms with van der Waals surface area (Å²) in [5, 5.41) is 1.47. The Labute approximate surface area is 160 Å². The van der Waals surface area contributed by atoms with E-state index in [0.717, 1.165) is 5.56 Å². The molecule has 0 radical (unpaired) electrons. The first-order valence-electron chi connectivity index (χ1n) is 8.08. The highest BCUT2D eigenvalue weighted by Gasteiger charge is 2.43. The third kappa shape index (κ3) is 3.56. The SMILES string of the molecule is C[C@@H](NC(=O)N1C(=O)C[C@H]1Sc1c(F)c(F)c(F)c(F)c1F)c1ccccc1. The number of hydrogen-bond donors (Lipinski definition) is 1. The predicted molar refractivity (Wildman–Crippen MR) is 90.7 cm³/mol. The normalized spacial score (nSPS) is 17.3. The minimum absolute atomic E-state index is 0.231. The number of imide groups is 1. The molecule has 1 N–H and O–H groups in total. The second-order valence-corrected chi connectivity index (χ2v) is 7.21. The van der Waals surface area contributed by atoms with Gasteiger partial charge in [-0.3, -0.25) is 9.69 Å². The van der Waals surface area contributed by atoms with Gasteiger partial charge in [0.25, 0.3) is 0 Å². The number of likely N-dealkylation sites (tertiary alicyclic amines) is 1. The lowest BCUT2D eigenvalue weighted by Crippen LogP contribution is -2.57. The van der Waals surface area contributed by atoms with Crippen LogP contribution in [-0.4, -0.2) is 22.2 Å². The first-order chi connectivity index (χ1) is 13.2. The zero-order chi connectivity index (χ0) is 20.6. The van der Waals surface area contributed by atoms with Crippen LogP contribution in [0, 0.1) is 29.1 Å². The number of carbonyl (C=O) groups excluding carboxylic acids is 2. The van der Waals surface area contributed by atoms with Gasteiger partial charge >= 0.3 is 6.03 Å². The maximum absolute atomic E-state index is 13.8. The van der Waals surface area contributed by atoms with Crippen LogP contribution in [0.1, 0.15) is 24.9 Å². The summed E-state index contributed by atoms with van der Waals surface area (Å²) in [7, 11) is 0. The maximum Gasteiger partial charge on any atom is 0.325 e. The molecule has 10 heteroatoms. The molecule has 4 nitrogen and oxygen atoms in total. The summed E-state index contributed by atoms with van der Waals surface area (Å²) in [6.45, 7) is 1.67. The van der Waals surface area contributed by atoms with Crippen molar-refractivity contribution >= 4 is 23.7 Å². The van der Waals surface area contributed by atoms with Crippen LogP contribution in [0.25, 0.3) is 0 Å². The van der Waals surface area contributed by atoms with Gasteiger partial charge in [0.1, 0.15) is 5.37 Å². The third-order valence-corrected chi connectivity index (χ3v) is 5.43. The summed E-state index contributed by atoms with van der Waals surface area (Å²) in [4.78, 5) is 23.7. The van der Waals surface area contributed by atoms with E-state index in [1.165, 1.54) is 0 Å². The van der Waals surface area contributed by atoms with Gasteiger partial charge in [0.05, 0.1) is 17.4 Å². The summed E-state index contributed by atoms with van der Waals surface area (Å²) in [6, 6.07) is 7.51. The molecule has 28 heavy (non-hydrogen) atoms. The molecule has 148 valence electrons. The monoisotopic (exact) mass is 416 g/mol. The Balaban J connectivity index is 1.76. The largest absolute Gasteiger partial charge is 0.331 e. The minimum Gasteiger partial charge on any atom is -0.331 e. The summed E-state index contributed by atoms with van der Waals surface area (Å²) in [5.74, 6) is -11.1. The van der Waals surface area contributed by atoms with E-state index in [-0.39, 0.29) is 18.2 Å². The van der Waals surface area contributed by atoms with Crippen LogP contribution in [0.5, 0.6) is 0 Å². The molecule has 1 saturated heterocycles. The van der Waals surface area contributed by atoms with Crippen LogP contribution in [0.3, 0.4) is 0 Å². The highest BCUT2D eigenvalue weighted by Crippen LogP contribution is 2.39. The number of benzene rings is 2. The van der Waals surface area contributed by atoms with Gasteiger partial charge in [-0.2, -0.15) is 0 Å². The van der Waals surface area contributed by atoms with Gasteiger partial charge in [-0.15, -0.1) is 0 Å². The highest BCUT2D eigenvalue weighted by atomic mass is 32.2. The standard InChI is InChI=1S/C18H13F5N2O2S/c1-8(9-5-3-2-4-6-9)24-18(27)25-10(26)7-11(25)28-17-15(22)13(20)12(19)14(21)16(17)23/h2-6,8,11H,7H2,1H3,(H,24,27)/t8-,11-/m1/s1. The molecule has 1 aliphatic heterocycles. The Bertz CT molecular complexity index is 912. The van der Waals surface area contributed by atoms with Crippen LogP contribution in [0.15, 0.2) is 35.2 Å². The Morgan fingerprint density at radius 1 is 1.04 bits per heavy atom. The molecule has 2 aromatic carbocycles. The molecule has 0 aliphatic carbocycles. The van der Waals surface area contributed by atoms with Crippen LogP contribution < -0.4 is 5.32 Å². The van der Waals surface area contributed by atoms with Gasteiger partial charge < -0.3 is 5.32 Å². The molecule has 1 heterocycles. The molecular weight excluding hydrogens is 403 g/mol. The number of β-lactam (4-membered cyclic amide) rings is 1. The first kappa shape index (κ1) is 20.1. The van der Waals surface area contributed by atoms with Crippen molar-refractivity contribution in [2.45, 2.75) is 29.7 Å². The fourth-order valence-corrected chi connectivity index (χ4v) is 3.83. The van der Waals surface area contributed by atoms with Crippen molar-refractivity contribution in [3.8, 4) is 0 Å². The topological polar surface area (TPSA) is 49.4 Å². The summed E-state index contributed by atoms with van der Waals surface area (Å²) in [5.41, 5.74) is 0.757. The number of thioether (sulfide) groups is 1. The second-order valence-electron chi connectivity index (χ2n) is 6.02. The molecule has 2 aromatic rings. The molecule has 3 rings (SSSR count). The highest BCUT2D eigenvalue weighted by molar-refractivity contribution is 8.00. The number of amides is 3. The average molecular weight is 416 g/mol. The quantitative estimate of drug-likeness (QED) is 0.346. The fraction of sp³-hybridized carbons (Fsp3) is 0.222. The van der Waals surface area contributed by atoms with E-state index in [2.05, 4.69) is 5.32 Å². The lowest BCUT2D eigenvalue weighted by molar-refractivity contribution is -0.137. The maximum atomic E-state index is 13.8. The molecular formula is C18H13F5N2O2S. The van der Waals surface area contributed by atoms with Gasteiger partial charge in [-0.25, -0.2) is 26.7 Å². The lowest BCUT2D eigenvalue weighted by atomic mass is 10.1. The summed E-state index contributed by atoms with van der Waals surface area (Å²) < 4.78 is 67.5. The van der Waals surface area contributed by atoms with Crippen molar-refractivity contribution in [3.05, 3.63) is 65.0 Å². The van der Waals surface area contributed by atoms with Gasteiger partial charge in [-0.1, -0.05) is 42.1 Å². The minimum atomic E-state index is -2.27. The van der Waals surface area contributed by atoms with Crippen molar-refractivity contribution in [1.29, 1.82) is 0 Å². The number of rotatable bonds is 4. The second kappa shape index (κ2) is 7.78. The van der Waals surface area contributed by atoms with Crippen LogP contribution in [0.4, 0.5) is 26.7 Å². The predicted octanol–water partition coefficient (Wildman–Crippen LogP) is 4.50. The van der Waals surface area contributed by atoms with Crippen molar-refractivity contribution in [3.63, 3.8) is 0 Å². The molecule has 2 atom stereocenters. The van der Waals surface area contributed by atoms with E-state index < -0.39 is 57.3 Å². The molecule has 0 unspecified atom stereocenters. The van der Waals surface area contributed by atoms with Crippen molar-refractivity contribution in [2.75, 3.05) is 0 Å². The van der Waals surface area contributed by atoms with Crippen LogP contribution >= 0.6 is 11.8 Å². The molecule has 1 fully saturated rings. The van der Waals surface area contributed by atoms with E-state index in [0.29, 0.717) is 4.90 Å². The first-order valence-corrected chi connectivity index (χ1v) is 8.96. The van der Waals surface area contributed by atoms with Gasteiger partial charge in [-0.05, 0) is 12.5 Å². The molecule has 0 aromatic heterocycles.